The fourth-order valence-corrected chi connectivity index (χ4v) is 1.75. The maximum absolute atomic E-state index is 11.8. The summed E-state index contributed by atoms with van der Waals surface area (Å²) in [4.78, 5) is 11.8. The molecule has 98 valence electrons. The zero-order valence-electron chi connectivity index (χ0n) is 9.97. The van der Waals surface area contributed by atoms with Crippen molar-refractivity contribution in [2.45, 2.75) is 6.61 Å². The molecule has 0 atom stereocenters. The maximum atomic E-state index is 11.8. The van der Waals surface area contributed by atoms with Gasteiger partial charge >= 0.3 is 5.97 Å². The van der Waals surface area contributed by atoms with E-state index in [1.54, 1.807) is 0 Å². The Balaban J connectivity index is 2.01. The Hall–Kier alpha value is -2.01. The number of benzene rings is 2. The van der Waals surface area contributed by atoms with Crippen LogP contribution in [-0.2, 0) is 11.3 Å². The highest BCUT2D eigenvalue weighted by atomic mass is 79.9. The van der Waals surface area contributed by atoms with Crippen molar-refractivity contribution in [1.29, 1.82) is 0 Å². The number of hydrogen-bond donors (Lipinski definition) is 2. The molecule has 4 nitrogen and oxygen atoms in total. The number of carbonyl (C=O) groups is 1. The summed E-state index contributed by atoms with van der Waals surface area (Å²) in [7, 11) is 0. The molecule has 3 N–H and O–H groups in total. The number of hydrogen-bond acceptors (Lipinski definition) is 4. The molecular formula is C14H12BrNO3. The molecule has 2 rings (SSSR count). The molecule has 0 heterocycles. The van der Waals surface area contributed by atoms with Gasteiger partial charge in [0, 0.05) is 4.47 Å². The first-order valence-electron chi connectivity index (χ1n) is 5.56. The van der Waals surface area contributed by atoms with Crippen LogP contribution >= 0.6 is 15.9 Å². The fourth-order valence-electron chi connectivity index (χ4n) is 1.48. The summed E-state index contributed by atoms with van der Waals surface area (Å²) in [5, 5.41) is 9.43. The monoisotopic (exact) mass is 321 g/mol. The van der Waals surface area contributed by atoms with Gasteiger partial charge in [0.15, 0.2) is 0 Å². The number of esters is 1. The molecule has 0 fully saturated rings. The third kappa shape index (κ3) is 3.48. The lowest BCUT2D eigenvalue weighted by atomic mass is 10.2. The van der Waals surface area contributed by atoms with Crippen molar-refractivity contribution >= 4 is 27.6 Å². The first kappa shape index (κ1) is 13.4. The highest BCUT2D eigenvalue weighted by Gasteiger charge is 2.09. The molecule has 5 heteroatoms. The second kappa shape index (κ2) is 5.75. The normalized spacial score (nSPS) is 10.2. The van der Waals surface area contributed by atoms with Crippen molar-refractivity contribution in [3.8, 4) is 5.75 Å². The Morgan fingerprint density at radius 3 is 2.53 bits per heavy atom. The summed E-state index contributed by atoms with van der Waals surface area (Å²) in [5.74, 6) is -0.628. The van der Waals surface area contributed by atoms with Crippen LogP contribution in [0.1, 0.15) is 15.9 Å². The number of rotatable bonds is 3. The van der Waals surface area contributed by atoms with Gasteiger partial charge in [-0.15, -0.1) is 0 Å². The van der Waals surface area contributed by atoms with Crippen molar-refractivity contribution in [2.24, 2.45) is 0 Å². The molecule has 0 radical (unpaired) electrons. The molecular weight excluding hydrogens is 310 g/mol. The minimum Gasteiger partial charge on any atom is -0.506 e. The summed E-state index contributed by atoms with van der Waals surface area (Å²) in [6.07, 6.45) is 0. The van der Waals surface area contributed by atoms with Gasteiger partial charge in [0.1, 0.15) is 12.4 Å². The highest BCUT2D eigenvalue weighted by Crippen LogP contribution is 2.21. The molecule has 0 saturated carbocycles. The maximum Gasteiger partial charge on any atom is 0.338 e. The van der Waals surface area contributed by atoms with Crippen molar-refractivity contribution in [3.05, 3.63) is 58.1 Å². The number of carbonyl (C=O) groups excluding carboxylic acids is 1. The zero-order valence-corrected chi connectivity index (χ0v) is 11.6. The van der Waals surface area contributed by atoms with Crippen LogP contribution in [0.4, 0.5) is 5.69 Å². The predicted octanol–water partition coefficient (Wildman–Crippen LogP) is 3.09. The second-order valence-electron chi connectivity index (χ2n) is 3.98. The molecule has 0 spiro atoms. The van der Waals surface area contributed by atoms with E-state index in [-0.39, 0.29) is 23.6 Å². The van der Waals surface area contributed by atoms with Gasteiger partial charge in [0.2, 0.25) is 0 Å². The van der Waals surface area contributed by atoms with Gasteiger partial charge in [-0.1, -0.05) is 28.1 Å². The first-order chi connectivity index (χ1) is 9.06. The van der Waals surface area contributed by atoms with Crippen LogP contribution in [0.2, 0.25) is 0 Å². The van der Waals surface area contributed by atoms with Gasteiger partial charge in [-0.3, -0.25) is 0 Å². The number of aromatic hydroxyl groups is 1. The van der Waals surface area contributed by atoms with Gasteiger partial charge < -0.3 is 15.6 Å². The Kier molecular flexibility index (Phi) is 4.06. The Bertz CT molecular complexity index is 596. The van der Waals surface area contributed by atoms with Gasteiger partial charge in [0.05, 0.1) is 11.3 Å². The average molecular weight is 322 g/mol. The van der Waals surface area contributed by atoms with Crippen LogP contribution in [0.5, 0.6) is 5.75 Å². The number of nitrogen functional groups attached to an aromatic ring is 1. The third-order valence-corrected chi connectivity index (χ3v) is 3.08. The lowest BCUT2D eigenvalue weighted by Crippen LogP contribution is -2.05. The molecule has 0 aliphatic rings. The Morgan fingerprint density at radius 2 is 1.89 bits per heavy atom. The van der Waals surface area contributed by atoms with Crippen LogP contribution in [0.15, 0.2) is 46.9 Å². The van der Waals surface area contributed by atoms with E-state index in [4.69, 9.17) is 10.5 Å². The molecule has 0 aliphatic heterocycles. The average Bonchev–Trinajstić information content (AvgIpc) is 2.41. The molecule has 0 amide bonds. The number of ether oxygens (including phenoxy) is 1. The van der Waals surface area contributed by atoms with Crippen molar-refractivity contribution < 1.29 is 14.6 Å². The van der Waals surface area contributed by atoms with Crippen LogP contribution in [-0.4, -0.2) is 11.1 Å². The molecule has 0 unspecified atom stereocenters. The van der Waals surface area contributed by atoms with Crippen molar-refractivity contribution in [1.82, 2.24) is 0 Å². The standard InChI is InChI=1S/C14H12BrNO3/c15-11-4-1-9(2-5-11)8-19-14(18)10-3-6-12(16)13(17)7-10/h1-7,17H,8,16H2. The second-order valence-corrected chi connectivity index (χ2v) is 4.89. The minimum atomic E-state index is -0.502. The molecule has 2 aromatic rings. The van der Waals surface area contributed by atoms with Crippen LogP contribution in [0, 0.1) is 0 Å². The van der Waals surface area contributed by atoms with E-state index in [1.807, 2.05) is 24.3 Å². The quantitative estimate of drug-likeness (QED) is 0.517. The summed E-state index contributed by atoms with van der Waals surface area (Å²) in [6, 6.07) is 11.7. The van der Waals surface area contributed by atoms with Gasteiger partial charge in [-0.25, -0.2) is 4.79 Å². The van der Waals surface area contributed by atoms with E-state index < -0.39 is 5.97 Å². The highest BCUT2D eigenvalue weighted by molar-refractivity contribution is 9.10. The van der Waals surface area contributed by atoms with Crippen molar-refractivity contribution in [2.75, 3.05) is 5.73 Å². The Morgan fingerprint density at radius 1 is 1.21 bits per heavy atom. The predicted molar refractivity (Wildman–Crippen MR) is 75.8 cm³/mol. The van der Waals surface area contributed by atoms with Gasteiger partial charge in [-0.2, -0.15) is 0 Å². The van der Waals surface area contributed by atoms with E-state index in [0.717, 1.165) is 10.0 Å². The minimum absolute atomic E-state index is 0.127. The molecule has 0 bridgehead atoms. The topological polar surface area (TPSA) is 72.6 Å². The Labute approximate surface area is 118 Å². The van der Waals surface area contributed by atoms with E-state index in [0.29, 0.717) is 0 Å². The van der Waals surface area contributed by atoms with E-state index in [9.17, 15) is 9.90 Å². The molecule has 0 saturated heterocycles. The van der Waals surface area contributed by atoms with E-state index in [2.05, 4.69) is 15.9 Å². The lowest BCUT2D eigenvalue weighted by Gasteiger charge is -2.06. The van der Waals surface area contributed by atoms with Gasteiger partial charge in [-0.05, 0) is 35.9 Å². The summed E-state index contributed by atoms with van der Waals surface area (Å²) >= 11 is 3.33. The van der Waals surface area contributed by atoms with E-state index >= 15 is 0 Å². The lowest BCUT2D eigenvalue weighted by molar-refractivity contribution is 0.0472. The van der Waals surface area contributed by atoms with Crippen LogP contribution in [0.3, 0.4) is 0 Å². The van der Waals surface area contributed by atoms with E-state index in [1.165, 1.54) is 18.2 Å². The smallest absolute Gasteiger partial charge is 0.338 e. The SMILES string of the molecule is Nc1ccc(C(=O)OCc2ccc(Br)cc2)cc1O. The first-order valence-corrected chi connectivity index (χ1v) is 6.35. The molecule has 2 aromatic carbocycles. The van der Waals surface area contributed by atoms with Crippen LogP contribution < -0.4 is 5.73 Å². The van der Waals surface area contributed by atoms with Gasteiger partial charge in [0.25, 0.3) is 0 Å². The molecule has 0 aromatic heterocycles. The molecule has 0 aliphatic carbocycles. The number of halogens is 1. The number of nitrogens with two attached hydrogens (primary N) is 1. The van der Waals surface area contributed by atoms with Crippen molar-refractivity contribution in [3.63, 3.8) is 0 Å². The number of phenols is 1. The number of anilines is 1. The van der Waals surface area contributed by atoms with Crippen LogP contribution in [0.25, 0.3) is 0 Å². The summed E-state index contributed by atoms with van der Waals surface area (Å²) < 4.78 is 6.11. The third-order valence-electron chi connectivity index (χ3n) is 2.55. The molecule has 19 heavy (non-hydrogen) atoms. The number of phenolic OH excluding ortho intramolecular Hbond substituents is 1. The fraction of sp³-hybridized carbons (Fsp3) is 0.0714. The summed E-state index contributed by atoms with van der Waals surface area (Å²) in [5.41, 5.74) is 6.84. The zero-order chi connectivity index (χ0) is 13.8. The summed E-state index contributed by atoms with van der Waals surface area (Å²) in [6.45, 7) is 0.178. The largest absolute Gasteiger partial charge is 0.506 e.